The van der Waals surface area contributed by atoms with Gasteiger partial charge in [-0.2, -0.15) is 0 Å². The highest BCUT2D eigenvalue weighted by molar-refractivity contribution is 5.78. The van der Waals surface area contributed by atoms with E-state index in [1.807, 2.05) is 42.5 Å². The third-order valence-corrected chi connectivity index (χ3v) is 4.49. The quantitative estimate of drug-likeness (QED) is 0.707. The lowest BCUT2D eigenvalue weighted by molar-refractivity contribution is -0.120. The lowest BCUT2D eigenvalue weighted by Crippen LogP contribution is -2.24. The lowest BCUT2D eigenvalue weighted by Gasteiger charge is -2.05. The van der Waals surface area contributed by atoms with E-state index in [1.54, 1.807) is 14.0 Å². The highest BCUT2D eigenvalue weighted by Crippen LogP contribution is 2.36. The smallest absolute Gasteiger partial charge is 0.231 e. The standard InChI is InChI=1S/C21H20N2O5/c1-13-17(10-20(24)22-11-14-3-6-16(25-2)7-4-14)23-21(28-13)15-5-8-18-19(9-15)27-12-26-18/h3-9H,10-12H2,1-2H3,(H,22,24). The Morgan fingerprint density at radius 1 is 1.14 bits per heavy atom. The van der Waals surface area contributed by atoms with Crippen LogP contribution in [0.15, 0.2) is 46.9 Å². The van der Waals surface area contributed by atoms with Gasteiger partial charge in [0.15, 0.2) is 11.5 Å². The minimum atomic E-state index is -0.121. The van der Waals surface area contributed by atoms with Crippen LogP contribution >= 0.6 is 0 Å². The van der Waals surface area contributed by atoms with Crippen LogP contribution in [0.3, 0.4) is 0 Å². The molecule has 0 atom stereocenters. The molecule has 1 aliphatic heterocycles. The molecule has 1 aliphatic rings. The van der Waals surface area contributed by atoms with Crippen molar-refractivity contribution in [1.29, 1.82) is 0 Å². The van der Waals surface area contributed by atoms with Crippen LogP contribution in [0.4, 0.5) is 0 Å². The second kappa shape index (κ2) is 7.64. The Kier molecular flexibility index (Phi) is 4.89. The monoisotopic (exact) mass is 380 g/mol. The number of nitrogens with one attached hydrogen (secondary N) is 1. The molecule has 7 nitrogen and oxygen atoms in total. The number of benzene rings is 2. The van der Waals surface area contributed by atoms with E-state index in [1.165, 1.54) is 0 Å². The number of amides is 1. The molecular weight excluding hydrogens is 360 g/mol. The zero-order valence-electron chi connectivity index (χ0n) is 15.7. The van der Waals surface area contributed by atoms with Gasteiger partial charge in [0.25, 0.3) is 0 Å². The van der Waals surface area contributed by atoms with Crippen molar-refractivity contribution in [3.05, 3.63) is 59.5 Å². The number of aromatic nitrogens is 1. The average Bonchev–Trinajstić information content (AvgIpc) is 3.33. The molecule has 1 N–H and O–H groups in total. The number of ether oxygens (including phenoxy) is 3. The molecule has 0 saturated carbocycles. The topological polar surface area (TPSA) is 82.8 Å². The van der Waals surface area contributed by atoms with Crippen molar-refractivity contribution in [1.82, 2.24) is 10.3 Å². The lowest BCUT2D eigenvalue weighted by atomic mass is 10.2. The molecule has 28 heavy (non-hydrogen) atoms. The van der Waals surface area contributed by atoms with Gasteiger partial charge in [-0.15, -0.1) is 0 Å². The van der Waals surface area contributed by atoms with Gasteiger partial charge in [0, 0.05) is 12.1 Å². The highest BCUT2D eigenvalue weighted by Gasteiger charge is 2.18. The van der Waals surface area contributed by atoms with Crippen molar-refractivity contribution in [2.75, 3.05) is 13.9 Å². The molecule has 2 heterocycles. The summed E-state index contributed by atoms with van der Waals surface area (Å²) in [5.41, 5.74) is 2.38. The van der Waals surface area contributed by atoms with Crippen LogP contribution in [0.1, 0.15) is 17.0 Å². The van der Waals surface area contributed by atoms with E-state index in [2.05, 4.69) is 10.3 Å². The van der Waals surface area contributed by atoms with Crippen LogP contribution in [-0.2, 0) is 17.8 Å². The molecule has 144 valence electrons. The predicted octanol–water partition coefficient (Wildman–Crippen LogP) is 3.25. The fourth-order valence-corrected chi connectivity index (χ4v) is 2.90. The average molecular weight is 380 g/mol. The minimum Gasteiger partial charge on any atom is -0.497 e. The maximum absolute atomic E-state index is 12.3. The summed E-state index contributed by atoms with van der Waals surface area (Å²) in [7, 11) is 1.62. The maximum atomic E-state index is 12.3. The summed E-state index contributed by atoms with van der Waals surface area (Å²) >= 11 is 0. The molecule has 0 unspecified atom stereocenters. The summed E-state index contributed by atoms with van der Waals surface area (Å²) in [5, 5.41) is 2.90. The van der Waals surface area contributed by atoms with E-state index in [9.17, 15) is 4.79 Å². The van der Waals surface area contributed by atoms with Crippen LogP contribution in [0.5, 0.6) is 17.2 Å². The first-order valence-electron chi connectivity index (χ1n) is 8.88. The zero-order chi connectivity index (χ0) is 19.5. The van der Waals surface area contributed by atoms with Gasteiger partial charge in [-0.05, 0) is 42.8 Å². The minimum absolute atomic E-state index is 0.121. The Morgan fingerprint density at radius 3 is 2.71 bits per heavy atom. The van der Waals surface area contributed by atoms with Crippen LogP contribution in [0.25, 0.3) is 11.5 Å². The zero-order valence-corrected chi connectivity index (χ0v) is 15.7. The second-order valence-corrected chi connectivity index (χ2v) is 6.39. The van der Waals surface area contributed by atoms with E-state index in [0.29, 0.717) is 35.4 Å². The number of carbonyl (C=O) groups excluding carboxylic acids is 1. The molecule has 0 saturated heterocycles. The Balaban J connectivity index is 1.40. The number of carbonyl (C=O) groups is 1. The Bertz CT molecular complexity index is 995. The third-order valence-electron chi connectivity index (χ3n) is 4.49. The number of hydrogen-bond acceptors (Lipinski definition) is 6. The van der Waals surface area contributed by atoms with E-state index < -0.39 is 0 Å². The Labute approximate surface area is 162 Å². The van der Waals surface area contributed by atoms with Crippen molar-refractivity contribution in [3.63, 3.8) is 0 Å². The summed E-state index contributed by atoms with van der Waals surface area (Å²) < 4.78 is 21.6. The molecule has 1 amide bonds. The van der Waals surface area contributed by atoms with Crippen molar-refractivity contribution in [3.8, 4) is 28.7 Å². The van der Waals surface area contributed by atoms with Gasteiger partial charge in [-0.25, -0.2) is 4.98 Å². The molecular formula is C21H20N2O5. The van der Waals surface area contributed by atoms with Crippen molar-refractivity contribution in [2.24, 2.45) is 0 Å². The largest absolute Gasteiger partial charge is 0.497 e. The van der Waals surface area contributed by atoms with Gasteiger partial charge >= 0.3 is 0 Å². The second-order valence-electron chi connectivity index (χ2n) is 6.39. The molecule has 7 heteroatoms. The first-order valence-corrected chi connectivity index (χ1v) is 8.88. The molecule has 0 spiro atoms. The van der Waals surface area contributed by atoms with E-state index >= 15 is 0 Å². The van der Waals surface area contributed by atoms with Crippen LogP contribution in [-0.4, -0.2) is 24.8 Å². The molecule has 0 bridgehead atoms. The first kappa shape index (κ1) is 17.9. The normalized spacial score (nSPS) is 12.1. The summed E-state index contributed by atoms with van der Waals surface area (Å²) in [6.45, 7) is 2.45. The summed E-state index contributed by atoms with van der Waals surface area (Å²) in [6, 6.07) is 13.0. The van der Waals surface area contributed by atoms with Crippen LogP contribution in [0.2, 0.25) is 0 Å². The summed E-state index contributed by atoms with van der Waals surface area (Å²) in [4.78, 5) is 16.8. The van der Waals surface area contributed by atoms with Crippen molar-refractivity contribution in [2.45, 2.75) is 19.9 Å². The Morgan fingerprint density at radius 2 is 1.93 bits per heavy atom. The number of methoxy groups -OCH3 is 1. The first-order chi connectivity index (χ1) is 13.6. The molecule has 4 rings (SSSR count). The van der Waals surface area contributed by atoms with Gasteiger partial charge in [-0.3, -0.25) is 4.79 Å². The third kappa shape index (κ3) is 3.78. The van der Waals surface area contributed by atoms with Gasteiger partial charge in [0.2, 0.25) is 18.6 Å². The molecule has 1 aromatic heterocycles. The van der Waals surface area contributed by atoms with Crippen molar-refractivity contribution >= 4 is 5.91 Å². The van der Waals surface area contributed by atoms with Crippen LogP contribution < -0.4 is 19.5 Å². The van der Waals surface area contributed by atoms with E-state index in [0.717, 1.165) is 16.9 Å². The van der Waals surface area contributed by atoms with Gasteiger partial charge in [-0.1, -0.05) is 12.1 Å². The Hall–Kier alpha value is -3.48. The number of oxazole rings is 1. The van der Waals surface area contributed by atoms with Gasteiger partial charge in [0.1, 0.15) is 11.5 Å². The fourth-order valence-electron chi connectivity index (χ4n) is 2.90. The highest BCUT2D eigenvalue weighted by atomic mass is 16.7. The SMILES string of the molecule is COc1ccc(CNC(=O)Cc2nc(-c3ccc4c(c3)OCO4)oc2C)cc1. The fraction of sp³-hybridized carbons (Fsp3) is 0.238. The molecule has 3 aromatic rings. The predicted molar refractivity (Wildman–Crippen MR) is 101 cm³/mol. The summed E-state index contributed by atoms with van der Waals surface area (Å²) in [6.07, 6.45) is 0.149. The molecule has 0 radical (unpaired) electrons. The number of rotatable bonds is 6. The molecule has 0 aliphatic carbocycles. The van der Waals surface area contributed by atoms with E-state index in [4.69, 9.17) is 18.6 Å². The van der Waals surface area contributed by atoms with Gasteiger partial charge in [0.05, 0.1) is 19.2 Å². The van der Waals surface area contributed by atoms with Gasteiger partial charge < -0.3 is 23.9 Å². The number of fused-ring (bicyclic) bond motifs is 1. The molecule has 2 aromatic carbocycles. The van der Waals surface area contributed by atoms with Crippen molar-refractivity contribution < 1.29 is 23.4 Å². The number of nitrogens with zero attached hydrogens (tertiary/aromatic N) is 1. The van der Waals surface area contributed by atoms with Crippen LogP contribution in [0, 0.1) is 6.92 Å². The number of aryl methyl sites for hydroxylation is 1. The maximum Gasteiger partial charge on any atom is 0.231 e. The molecule has 0 fully saturated rings. The summed E-state index contributed by atoms with van der Waals surface area (Å²) in [5.74, 6) is 3.09. The van der Waals surface area contributed by atoms with E-state index in [-0.39, 0.29) is 19.1 Å². The number of hydrogen-bond donors (Lipinski definition) is 1.